The van der Waals surface area contributed by atoms with Gasteiger partial charge in [-0.05, 0) is 6.92 Å². The van der Waals surface area contributed by atoms with Gasteiger partial charge < -0.3 is 14.8 Å². The molecular weight excluding hydrogens is 328 g/mol. The van der Waals surface area contributed by atoms with Crippen LogP contribution in [0.2, 0.25) is 0 Å². The molecule has 1 aromatic heterocycles. The molecule has 1 aromatic rings. The van der Waals surface area contributed by atoms with E-state index >= 15 is 0 Å². The first-order valence-electron chi connectivity index (χ1n) is 8.57. The van der Waals surface area contributed by atoms with Crippen LogP contribution in [0.25, 0.3) is 0 Å². The number of amides is 1. The Bertz CT molecular complexity index is 539. The van der Waals surface area contributed by atoms with E-state index in [2.05, 4.69) is 20.1 Å². The van der Waals surface area contributed by atoms with Gasteiger partial charge in [0.05, 0.1) is 38.7 Å². The summed E-state index contributed by atoms with van der Waals surface area (Å²) < 4.78 is 10.7. The third-order valence-corrected chi connectivity index (χ3v) is 5.47. The van der Waals surface area contributed by atoms with Crippen molar-refractivity contribution in [1.82, 2.24) is 20.1 Å². The number of hydrogen-bond acceptors (Lipinski definition) is 7. The Morgan fingerprint density at radius 2 is 1.75 bits per heavy atom. The number of nitrogens with zero attached hydrogens (tertiary/aromatic N) is 3. The molecule has 0 radical (unpaired) electrons. The highest BCUT2D eigenvalue weighted by molar-refractivity contribution is 7.13. The van der Waals surface area contributed by atoms with Crippen molar-refractivity contribution in [1.29, 1.82) is 0 Å². The highest BCUT2D eigenvalue weighted by Gasteiger charge is 2.18. The summed E-state index contributed by atoms with van der Waals surface area (Å²) in [6.07, 6.45) is 0. The lowest BCUT2D eigenvalue weighted by Crippen LogP contribution is -2.41. The predicted octanol–water partition coefficient (Wildman–Crippen LogP) is 0.346. The second kappa shape index (κ2) is 8.87. The van der Waals surface area contributed by atoms with Gasteiger partial charge in [-0.2, -0.15) is 0 Å². The van der Waals surface area contributed by atoms with E-state index in [0.717, 1.165) is 81.3 Å². The number of aromatic nitrogens is 1. The van der Waals surface area contributed by atoms with Gasteiger partial charge in [0.1, 0.15) is 9.88 Å². The molecule has 1 N–H and O–H groups in total. The van der Waals surface area contributed by atoms with E-state index in [1.54, 1.807) is 0 Å². The highest BCUT2D eigenvalue weighted by Crippen LogP contribution is 2.20. The number of carbonyl (C=O) groups excluding carboxylic acids is 1. The number of aryl methyl sites for hydroxylation is 1. The summed E-state index contributed by atoms with van der Waals surface area (Å²) in [5.74, 6) is -0.00788. The molecule has 3 rings (SSSR count). The largest absolute Gasteiger partial charge is 0.379 e. The van der Waals surface area contributed by atoms with Crippen molar-refractivity contribution in [2.75, 3.05) is 65.7 Å². The molecule has 0 aromatic carbocycles. The number of ether oxygens (including phenoxy) is 2. The zero-order chi connectivity index (χ0) is 16.8. The molecular formula is C16H26N4O3S. The Hall–Kier alpha value is -1.06. The Balaban J connectivity index is 1.47. The monoisotopic (exact) mass is 354 g/mol. The van der Waals surface area contributed by atoms with E-state index in [0.29, 0.717) is 6.54 Å². The molecule has 7 nitrogen and oxygen atoms in total. The fraction of sp³-hybridized carbons (Fsp3) is 0.750. The molecule has 24 heavy (non-hydrogen) atoms. The second-order valence-corrected chi connectivity index (χ2v) is 7.20. The van der Waals surface area contributed by atoms with Crippen LogP contribution in [0.5, 0.6) is 0 Å². The fourth-order valence-electron chi connectivity index (χ4n) is 2.91. The molecule has 1 amide bonds. The highest BCUT2D eigenvalue weighted by atomic mass is 32.1. The Kier molecular flexibility index (Phi) is 6.56. The lowest BCUT2D eigenvalue weighted by Gasteiger charge is -2.26. The first-order chi connectivity index (χ1) is 11.7. The van der Waals surface area contributed by atoms with Gasteiger partial charge in [0.2, 0.25) is 0 Å². The van der Waals surface area contributed by atoms with Crippen LogP contribution in [0.4, 0.5) is 0 Å². The Morgan fingerprint density at radius 3 is 2.42 bits per heavy atom. The molecule has 0 saturated carbocycles. The smallest absolute Gasteiger partial charge is 0.263 e. The van der Waals surface area contributed by atoms with E-state index in [1.165, 1.54) is 11.3 Å². The van der Waals surface area contributed by atoms with Crippen LogP contribution >= 0.6 is 11.3 Å². The average Bonchev–Trinajstić information content (AvgIpc) is 2.97. The van der Waals surface area contributed by atoms with Crippen molar-refractivity contribution >= 4 is 17.2 Å². The van der Waals surface area contributed by atoms with E-state index in [1.807, 2.05) is 6.92 Å². The van der Waals surface area contributed by atoms with Crippen molar-refractivity contribution in [3.05, 3.63) is 15.6 Å². The number of morpholine rings is 2. The van der Waals surface area contributed by atoms with E-state index in [-0.39, 0.29) is 5.91 Å². The molecule has 0 aliphatic carbocycles. The van der Waals surface area contributed by atoms with Crippen LogP contribution in [0.1, 0.15) is 20.4 Å². The summed E-state index contributed by atoms with van der Waals surface area (Å²) in [5.41, 5.74) is 0.826. The zero-order valence-electron chi connectivity index (χ0n) is 14.3. The summed E-state index contributed by atoms with van der Waals surface area (Å²) in [6.45, 7) is 11.1. The molecule has 0 unspecified atom stereocenters. The van der Waals surface area contributed by atoms with Crippen molar-refractivity contribution in [2.24, 2.45) is 0 Å². The average molecular weight is 354 g/mol. The molecule has 3 heterocycles. The minimum atomic E-state index is -0.00788. The first kappa shape index (κ1) is 17.8. The quantitative estimate of drug-likeness (QED) is 0.795. The Morgan fingerprint density at radius 1 is 1.12 bits per heavy atom. The SMILES string of the molecule is Cc1nc(CN2CCOCC2)sc1C(=O)NCCN1CCOCC1. The van der Waals surface area contributed by atoms with Crippen LogP contribution < -0.4 is 5.32 Å². The van der Waals surface area contributed by atoms with Crippen LogP contribution in [0.3, 0.4) is 0 Å². The minimum absolute atomic E-state index is 0.00788. The van der Waals surface area contributed by atoms with Crippen LogP contribution in [-0.2, 0) is 16.0 Å². The van der Waals surface area contributed by atoms with Gasteiger partial charge >= 0.3 is 0 Å². The molecule has 0 bridgehead atoms. The lowest BCUT2D eigenvalue weighted by molar-refractivity contribution is 0.0341. The molecule has 2 fully saturated rings. The molecule has 134 valence electrons. The van der Waals surface area contributed by atoms with Crippen molar-refractivity contribution in [2.45, 2.75) is 13.5 Å². The third-order valence-electron chi connectivity index (χ3n) is 4.33. The summed E-state index contributed by atoms with van der Waals surface area (Å²) in [6, 6.07) is 0. The standard InChI is InChI=1S/C16H26N4O3S/c1-13-15(16(21)17-2-3-19-4-8-22-9-5-19)24-14(18-13)12-20-6-10-23-11-7-20/h2-12H2,1H3,(H,17,21). The minimum Gasteiger partial charge on any atom is -0.379 e. The summed E-state index contributed by atoms with van der Waals surface area (Å²) >= 11 is 1.51. The van der Waals surface area contributed by atoms with Crippen LogP contribution in [0, 0.1) is 6.92 Å². The van der Waals surface area contributed by atoms with Gasteiger partial charge in [-0.1, -0.05) is 0 Å². The van der Waals surface area contributed by atoms with Gasteiger partial charge in [-0.15, -0.1) is 11.3 Å². The van der Waals surface area contributed by atoms with Gasteiger partial charge in [0.15, 0.2) is 0 Å². The zero-order valence-corrected chi connectivity index (χ0v) is 15.1. The summed E-state index contributed by atoms with van der Waals surface area (Å²) in [5, 5.41) is 4.03. The molecule has 2 aliphatic heterocycles. The van der Waals surface area contributed by atoms with Crippen molar-refractivity contribution in [3.8, 4) is 0 Å². The molecule has 2 aliphatic rings. The first-order valence-corrected chi connectivity index (χ1v) is 9.39. The van der Waals surface area contributed by atoms with Crippen molar-refractivity contribution in [3.63, 3.8) is 0 Å². The van der Waals surface area contributed by atoms with Gasteiger partial charge in [0, 0.05) is 39.3 Å². The van der Waals surface area contributed by atoms with E-state index in [9.17, 15) is 4.79 Å². The number of rotatable bonds is 6. The molecule has 0 atom stereocenters. The summed E-state index contributed by atoms with van der Waals surface area (Å²) in [7, 11) is 0. The maximum absolute atomic E-state index is 12.4. The molecule has 8 heteroatoms. The van der Waals surface area contributed by atoms with Gasteiger partial charge in [-0.3, -0.25) is 14.6 Å². The van der Waals surface area contributed by atoms with Crippen LogP contribution in [-0.4, -0.2) is 86.4 Å². The number of thiazole rings is 1. The maximum Gasteiger partial charge on any atom is 0.263 e. The predicted molar refractivity (Wildman–Crippen MR) is 92.5 cm³/mol. The number of hydrogen-bond donors (Lipinski definition) is 1. The van der Waals surface area contributed by atoms with Gasteiger partial charge in [0.25, 0.3) is 5.91 Å². The maximum atomic E-state index is 12.4. The topological polar surface area (TPSA) is 66.9 Å². The lowest BCUT2D eigenvalue weighted by atomic mass is 10.3. The number of carbonyl (C=O) groups is 1. The second-order valence-electron chi connectivity index (χ2n) is 6.12. The van der Waals surface area contributed by atoms with E-state index < -0.39 is 0 Å². The normalized spacial score (nSPS) is 20.2. The summed E-state index contributed by atoms with van der Waals surface area (Å²) in [4.78, 5) is 22.3. The van der Waals surface area contributed by atoms with Crippen LogP contribution in [0.15, 0.2) is 0 Å². The van der Waals surface area contributed by atoms with Gasteiger partial charge in [-0.25, -0.2) is 4.98 Å². The molecule has 0 spiro atoms. The van der Waals surface area contributed by atoms with E-state index in [4.69, 9.17) is 9.47 Å². The number of nitrogens with one attached hydrogen (secondary N) is 1. The fourth-order valence-corrected chi connectivity index (χ4v) is 3.94. The third kappa shape index (κ3) is 4.97. The molecule has 2 saturated heterocycles. The van der Waals surface area contributed by atoms with Crippen molar-refractivity contribution < 1.29 is 14.3 Å². The Labute approximate surface area is 146 Å².